The molecule has 0 saturated carbocycles. The van der Waals surface area contributed by atoms with Gasteiger partial charge in [-0.15, -0.1) is 5.10 Å². The summed E-state index contributed by atoms with van der Waals surface area (Å²) in [5, 5.41) is 8.50. The average molecular weight is 436 g/mol. The molecular formula is C26H37N5O. The van der Waals surface area contributed by atoms with Gasteiger partial charge >= 0.3 is 0 Å². The second-order valence-corrected chi connectivity index (χ2v) is 8.80. The molecule has 2 N–H and O–H groups in total. The topological polar surface area (TPSA) is 86.2 Å². The Balaban J connectivity index is 1.29. The minimum Gasteiger partial charge on any atom is -0.387 e. The molecular weight excluding hydrogens is 398 g/mol. The SMILES string of the molecule is CCCCCc1ccc(C(=O)CCCn2cc(CCCCCC3=CN=C(N)C3)nn2)cc1. The number of unbranched alkanes of at least 4 members (excludes halogenated alkanes) is 4. The van der Waals surface area contributed by atoms with Crippen molar-refractivity contribution in [1.29, 1.82) is 0 Å². The fourth-order valence-electron chi connectivity index (χ4n) is 4.03. The van der Waals surface area contributed by atoms with Crippen LogP contribution in [-0.2, 0) is 19.4 Å². The van der Waals surface area contributed by atoms with Crippen molar-refractivity contribution in [3.05, 3.63) is 59.1 Å². The summed E-state index contributed by atoms with van der Waals surface area (Å²) in [6.07, 6.45) is 16.3. The van der Waals surface area contributed by atoms with Gasteiger partial charge in [0.15, 0.2) is 5.78 Å². The lowest BCUT2D eigenvalue weighted by Gasteiger charge is -2.04. The Bertz CT molecular complexity index is 911. The fraction of sp³-hybridized carbons (Fsp3) is 0.538. The highest BCUT2D eigenvalue weighted by Gasteiger charge is 2.08. The maximum atomic E-state index is 12.5. The van der Waals surface area contributed by atoms with Crippen molar-refractivity contribution in [2.24, 2.45) is 10.7 Å². The second kappa shape index (κ2) is 12.9. The molecule has 3 rings (SSSR count). The number of nitrogens with zero attached hydrogens (tertiary/aromatic N) is 4. The molecule has 0 amide bonds. The van der Waals surface area contributed by atoms with Crippen LogP contribution in [0.4, 0.5) is 0 Å². The number of nitrogens with two attached hydrogens (primary N) is 1. The number of rotatable bonds is 15. The Hall–Kier alpha value is -2.76. The van der Waals surface area contributed by atoms with E-state index in [2.05, 4.69) is 34.4 Å². The Morgan fingerprint density at radius 1 is 1.00 bits per heavy atom. The van der Waals surface area contributed by atoms with Crippen LogP contribution < -0.4 is 5.73 Å². The van der Waals surface area contributed by atoms with Gasteiger partial charge in [0.2, 0.25) is 0 Å². The highest BCUT2D eigenvalue weighted by atomic mass is 16.1. The number of Topliss-reactive ketones (excluding diaryl/α,β-unsaturated/α-hetero) is 1. The largest absolute Gasteiger partial charge is 0.387 e. The number of benzene rings is 1. The van der Waals surface area contributed by atoms with Gasteiger partial charge < -0.3 is 5.73 Å². The highest BCUT2D eigenvalue weighted by molar-refractivity contribution is 5.96. The zero-order valence-electron chi connectivity index (χ0n) is 19.4. The van der Waals surface area contributed by atoms with Crippen LogP contribution in [0.5, 0.6) is 0 Å². The van der Waals surface area contributed by atoms with Crippen LogP contribution in [0, 0.1) is 0 Å². The van der Waals surface area contributed by atoms with Crippen LogP contribution in [0.2, 0.25) is 0 Å². The normalized spacial score (nSPS) is 13.3. The number of hydrogen-bond acceptors (Lipinski definition) is 5. The molecule has 6 heteroatoms. The summed E-state index contributed by atoms with van der Waals surface area (Å²) in [6.45, 7) is 2.94. The number of aliphatic imine (C=N–C) groups is 1. The minimum atomic E-state index is 0.204. The van der Waals surface area contributed by atoms with Gasteiger partial charge in [-0.3, -0.25) is 9.48 Å². The Labute approximate surface area is 192 Å². The molecule has 6 nitrogen and oxygen atoms in total. The third kappa shape index (κ3) is 8.06. The van der Waals surface area contributed by atoms with Crippen molar-refractivity contribution >= 4 is 11.6 Å². The van der Waals surface area contributed by atoms with Crippen LogP contribution in [-0.4, -0.2) is 26.6 Å². The summed E-state index contributed by atoms with van der Waals surface area (Å²) >= 11 is 0. The number of aryl methyl sites for hydroxylation is 3. The van der Waals surface area contributed by atoms with E-state index in [1.54, 1.807) is 0 Å². The summed E-state index contributed by atoms with van der Waals surface area (Å²) in [4.78, 5) is 16.6. The predicted molar refractivity (Wildman–Crippen MR) is 130 cm³/mol. The third-order valence-electron chi connectivity index (χ3n) is 5.97. The van der Waals surface area contributed by atoms with Crippen LogP contribution in [0.3, 0.4) is 0 Å². The molecule has 0 bridgehead atoms. The van der Waals surface area contributed by atoms with Crippen molar-refractivity contribution < 1.29 is 4.79 Å². The lowest BCUT2D eigenvalue weighted by Crippen LogP contribution is -2.07. The zero-order valence-corrected chi connectivity index (χ0v) is 19.4. The summed E-state index contributed by atoms with van der Waals surface area (Å²) in [7, 11) is 0. The number of carbonyl (C=O) groups is 1. The number of amidine groups is 1. The average Bonchev–Trinajstić information content (AvgIpc) is 3.43. The van der Waals surface area contributed by atoms with Gasteiger partial charge in [0.25, 0.3) is 0 Å². The van der Waals surface area contributed by atoms with Gasteiger partial charge in [0.05, 0.1) is 5.69 Å². The molecule has 0 fully saturated rings. The first-order valence-electron chi connectivity index (χ1n) is 12.1. The zero-order chi connectivity index (χ0) is 22.6. The van der Waals surface area contributed by atoms with E-state index < -0.39 is 0 Å². The molecule has 0 unspecified atom stereocenters. The molecule has 1 aromatic heterocycles. The van der Waals surface area contributed by atoms with Crippen molar-refractivity contribution in [2.75, 3.05) is 0 Å². The number of ketones is 1. The van der Waals surface area contributed by atoms with E-state index in [1.165, 1.54) is 30.4 Å². The molecule has 1 aliphatic rings. The summed E-state index contributed by atoms with van der Waals surface area (Å²) < 4.78 is 1.86. The van der Waals surface area contributed by atoms with E-state index in [-0.39, 0.29) is 5.78 Å². The van der Waals surface area contributed by atoms with E-state index >= 15 is 0 Å². The van der Waals surface area contributed by atoms with E-state index in [4.69, 9.17) is 5.73 Å². The third-order valence-corrected chi connectivity index (χ3v) is 5.97. The van der Waals surface area contributed by atoms with Gasteiger partial charge in [-0.05, 0) is 56.1 Å². The van der Waals surface area contributed by atoms with Gasteiger partial charge in [-0.1, -0.05) is 55.7 Å². The molecule has 1 aromatic carbocycles. The van der Waals surface area contributed by atoms with Gasteiger partial charge in [-0.25, -0.2) is 4.99 Å². The van der Waals surface area contributed by atoms with Gasteiger partial charge in [0.1, 0.15) is 5.84 Å². The quantitative estimate of drug-likeness (QED) is 0.299. The molecule has 0 spiro atoms. The van der Waals surface area contributed by atoms with E-state index in [0.29, 0.717) is 6.42 Å². The van der Waals surface area contributed by atoms with E-state index in [1.807, 2.05) is 29.2 Å². The monoisotopic (exact) mass is 435 g/mol. The van der Waals surface area contributed by atoms with Crippen molar-refractivity contribution in [1.82, 2.24) is 15.0 Å². The molecule has 2 heterocycles. The number of hydrogen-bond donors (Lipinski definition) is 1. The molecule has 0 saturated heterocycles. The molecule has 172 valence electrons. The molecule has 0 aliphatic carbocycles. The molecule has 0 radical (unpaired) electrons. The highest BCUT2D eigenvalue weighted by Crippen LogP contribution is 2.17. The Morgan fingerprint density at radius 3 is 2.53 bits per heavy atom. The van der Waals surface area contributed by atoms with Crippen LogP contribution in [0.1, 0.15) is 92.7 Å². The number of carbonyl (C=O) groups excluding carboxylic acids is 1. The first-order chi connectivity index (χ1) is 15.6. The van der Waals surface area contributed by atoms with Gasteiger partial charge in [0, 0.05) is 37.3 Å². The van der Waals surface area contributed by atoms with Gasteiger partial charge in [-0.2, -0.15) is 0 Å². The lowest BCUT2D eigenvalue weighted by molar-refractivity contribution is 0.0978. The van der Waals surface area contributed by atoms with Crippen LogP contribution >= 0.6 is 0 Å². The minimum absolute atomic E-state index is 0.204. The van der Waals surface area contributed by atoms with Crippen molar-refractivity contribution in [3.8, 4) is 0 Å². The van der Waals surface area contributed by atoms with E-state index in [9.17, 15) is 4.79 Å². The number of aromatic nitrogens is 3. The second-order valence-electron chi connectivity index (χ2n) is 8.80. The van der Waals surface area contributed by atoms with Crippen molar-refractivity contribution in [3.63, 3.8) is 0 Å². The summed E-state index contributed by atoms with van der Waals surface area (Å²) in [6, 6.07) is 8.14. The molecule has 2 aromatic rings. The van der Waals surface area contributed by atoms with Crippen molar-refractivity contribution in [2.45, 2.75) is 90.5 Å². The Morgan fingerprint density at radius 2 is 1.78 bits per heavy atom. The van der Waals surface area contributed by atoms with Crippen LogP contribution in [0.15, 0.2) is 47.2 Å². The molecule has 32 heavy (non-hydrogen) atoms. The van der Waals surface area contributed by atoms with Crippen LogP contribution in [0.25, 0.3) is 0 Å². The summed E-state index contributed by atoms with van der Waals surface area (Å²) in [5.41, 5.74) is 10.2. The maximum Gasteiger partial charge on any atom is 0.162 e. The first-order valence-corrected chi connectivity index (χ1v) is 12.1. The fourth-order valence-corrected chi connectivity index (χ4v) is 4.03. The lowest BCUT2D eigenvalue weighted by atomic mass is 10.0. The summed E-state index contributed by atoms with van der Waals surface area (Å²) in [5.74, 6) is 0.934. The molecule has 0 atom stereocenters. The first kappa shape index (κ1) is 23.9. The molecule has 1 aliphatic heterocycles. The van der Waals surface area contributed by atoms with E-state index in [0.717, 1.165) is 75.0 Å². The smallest absolute Gasteiger partial charge is 0.162 e. The predicted octanol–water partition coefficient (Wildman–Crippen LogP) is 5.42. The maximum absolute atomic E-state index is 12.5. The Kier molecular flexibility index (Phi) is 9.66. The standard InChI is InChI=1S/C26H37N5O/c1-2-3-5-9-21-13-15-23(16-14-21)25(32)12-8-17-31-20-24(29-30-31)11-7-4-6-10-22-18-26(27)28-19-22/h13-16,19-20H,2-12,17-18H2,1H3,(H2,27,28).